The second-order valence-corrected chi connectivity index (χ2v) is 5.16. The third-order valence-corrected chi connectivity index (χ3v) is 3.48. The van der Waals surface area contributed by atoms with E-state index in [-0.39, 0.29) is 18.4 Å². The van der Waals surface area contributed by atoms with Gasteiger partial charge in [-0.05, 0) is 36.1 Å². The van der Waals surface area contributed by atoms with E-state index in [1.807, 2.05) is 43.3 Å². The Labute approximate surface area is 152 Å². The van der Waals surface area contributed by atoms with Gasteiger partial charge in [0, 0.05) is 30.5 Å². The fourth-order valence-corrected chi connectivity index (χ4v) is 2.35. The lowest BCUT2D eigenvalue weighted by molar-refractivity contribution is 0.252. The molecule has 0 aliphatic rings. The molecule has 0 bridgehead atoms. The predicted molar refractivity (Wildman–Crippen MR) is 100 cm³/mol. The third kappa shape index (κ3) is 4.81. The second kappa shape index (κ2) is 8.84. The van der Waals surface area contributed by atoms with Crippen LogP contribution in [0.1, 0.15) is 12.5 Å². The van der Waals surface area contributed by atoms with Gasteiger partial charge in [-0.15, -0.1) is 12.4 Å². The van der Waals surface area contributed by atoms with Crippen LogP contribution in [0.2, 0.25) is 0 Å². The van der Waals surface area contributed by atoms with Crippen molar-refractivity contribution in [2.45, 2.75) is 13.5 Å². The van der Waals surface area contributed by atoms with Gasteiger partial charge in [-0.25, -0.2) is 9.78 Å². The molecule has 2 aromatic heterocycles. The van der Waals surface area contributed by atoms with Crippen molar-refractivity contribution >= 4 is 35.0 Å². The van der Waals surface area contributed by atoms with Crippen LogP contribution < -0.4 is 15.4 Å². The Hall–Kier alpha value is -2.86. The lowest BCUT2D eigenvalue weighted by atomic mass is 10.1. The van der Waals surface area contributed by atoms with Crippen LogP contribution in [-0.4, -0.2) is 22.5 Å². The topological polar surface area (TPSA) is 76.1 Å². The van der Waals surface area contributed by atoms with Gasteiger partial charge in [0.15, 0.2) is 0 Å². The number of fused-ring (bicyclic) bond motifs is 1. The summed E-state index contributed by atoms with van der Waals surface area (Å²) in [6.07, 6.45) is 5.14. The Balaban J connectivity index is 0.00000225. The first kappa shape index (κ1) is 18.5. The lowest BCUT2D eigenvalue weighted by Gasteiger charge is -2.10. The van der Waals surface area contributed by atoms with E-state index in [2.05, 4.69) is 20.6 Å². The maximum Gasteiger partial charge on any atom is 0.320 e. The van der Waals surface area contributed by atoms with Gasteiger partial charge in [0.05, 0.1) is 0 Å². The summed E-state index contributed by atoms with van der Waals surface area (Å²) >= 11 is 0. The van der Waals surface area contributed by atoms with Crippen molar-refractivity contribution in [3.05, 3.63) is 60.6 Å². The molecule has 7 heteroatoms. The Morgan fingerprint density at radius 2 is 2.00 bits per heavy atom. The molecule has 2 heterocycles. The van der Waals surface area contributed by atoms with Gasteiger partial charge >= 0.3 is 6.03 Å². The number of carbonyl (C=O) groups excluding carboxylic acids is 1. The summed E-state index contributed by atoms with van der Waals surface area (Å²) < 4.78 is 5.78. The normalized spacial score (nSPS) is 9.96. The molecule has 2 N–H and O–H groups in total. The SMILES string of the molecule is CCNC(=O)Nc1cc2cccc(COc3ccncc3)c2cn1.Cl. The highest BCUT2D eigenvalue weighted by Gasteiger charge is 2.06. The lowest BCUT2D eigenvalue weighted by Crippen LogP contribution is -2.28. The van der Waals surface area contributed by atoms with Crippen LogP contribution in [0, 0.1) is 0 Å². The number of anilines is 1. The minimum atomic E-state index is -0.262. The number of halogens is 1. The Bertz CT molecular complexity index is 843. The first-order chi connectivity index (χ1) is 11.8. The Morgan fingerprint density at radius 1 is 1.20 bits per heavy atom. The molecule has 0 saturated heterocycles. The van der Waals surface area contributed by atoms with Crippen molar-refractivity contribution in [1.82, 2.24) is 15.3 Å². The number of carbonyl (C=O) groups is 1. The summed E-state index contributed by atoms with van der Waals surface area (Å²) in [5.74, 6) is 1.28. The zero-order valence-corrected chi connectivity index (χ0v) is 14.5. The zero-order valence-electron chi connectivity index (χ0n) is 13.7. The molecule has 1 aromatic carbocycles. The molecule has 0 atom stereocenters. The van der Waals surface area contributed by atoms with Crippen molar-refractivity contribution in [2.24, 2.45) is 0 Å². The molecule has 0 saturated carbocycles. The summed E-state index contributed by atoms with van der Waals surface area (Å²) in [7, 11) is 0. The van der Waals surface area contributed by atoms with Crippen LogP contribution in [0.4, 0.5) is 10.6 Å². The average Bonchev–Trinajstić information content (AvgIpc) is 2.60. The molecule has 2 amide bonds. The number of hydrogen-bond acceptors (Lipinski definition) is 4. The fraction of sp³-hybridized carbons (Fsp3) is 0.167. The molecule has 25 heavy (non-hydrogen) atoms. The molecule has 0 unspecified atom stereocenters. The van der Waals surface area contributed by atoms with Crippen LogP contribution >= 0.6 is 12.4 Å². The predicted octanol–water partition coefficient (Wildman–Crippen LogP) is 3.77. The minimum Gasteiger partial charge on any atom is -0.489 e. The molecule has 130 valence electrons. The number of ether oxygens (including phenoxy) is 1. The number of nitrogens with zero attached hydrogens (tertiary/aromatic N) is 2. The highest BCUT2D eigenvalue weighted by molar-refractivity contribution is 5.92. The van der Waals surface area contributed by atoms with E-state index >= 15 is 0 Å². The van der Waals surface area contributed by atoms with Gasteiger partial charge in [-0.1, -0.05) is 18.2 Å². The van der Waals surface area contributed by atoms with Gasteiger partial charge in [0.25, 0.3) is 0 Å². The first-order valence-corrected chi connectivity index (χ1v) is 7.71. The number of aromatic nitrogens is 2. The Kier molecular flexibility index (Phi) is 6.54. The van der Waals surface area contributed by atoms with Crippen LogP contribution in [0.15, 0.2) is 55.0 Å². The van der Waals surface area contributed by atoms with Gasteiger partial charge in [-0.3, -0.25) is 10.3 Å². The van der Waals surface area contributed by atoms with Gasteiger partial charge in [0.1, 0.15) is 18.2 Å². The smallest absolute Gasteiger partial charge is 0.320 e. The summed E-state index contributed by atoms with van der Waals surface area (Å²) in [5.41, 5.74) is 1.03. The quantitative estimate of drug-likeness (QED) is 0.727. The zero-order chi connectivity index (χ0) is 16.8. The third-order valence-electron chi connectivity index (χ3n) is 3.48. The minimum absolute atomic E-state index is 0. The number of rotatable bonds is 5. The van der Waals surface area contributed by atoms with Crippen LogP contribution in [0.3, 0.4) is 0 Å². The molecular formula is C18H19ClN4O2. The second-order valence-electron chi connectivity index (χ2n) is 5.16. The fourth-order valence-electron chi connectivity index (χ4n) is 2.35. The largest absolute Gasteiger partial charge is 0.489 e. The maximum absolute atomic E-state index is 11.6. The number of pyridine rings is 2. The van der Waals surface area contributed by atoms with E-state index < -0.39 is 0 Å². The molecule has 0 aliphatic heterocycles. The molecule has 0 spiro atoms. The number of hydrogen-bond donors (Lipinski definition) is 2. The highest BCUT2D eigenvalue weighted by Crippen LogP contribution is 2.22. The molecule has 0 radical (unpaired) electrons. The number of nitrogens with one attached hydrogen (secondary N) is 2. The monoisotopic (exact) mass is 358 g/mol. The van der Waals surface area contributed by atoms with Crippen LogP contribution in [0.5, 0.6) is 5.75 Å². The van der Waals surface area contributed by atoms with Crippen molar-refractivity contribution in [3.8, 4) is 5.75 Å². The van der Waals surface area contributed by atoms with Crippen molar-refractivity contribution < 1.29 is 9.53 Å². The number of amides is 2. The van der Waals surface area contributed by atoms with E-state index in [0.29, 0.717) is 19.0 Å². The number of benzene rings is 1. The molecule has 0 aliphatic carbocycles. The van der Waals surface area contributed by atoms with Crippen molar-refractivity contribution in [2.75, 3.05) is 11.9 Å². The van der Waals surface area contributed by atoms with Gasteiger partial charge in [-0.2, -0.15) is 0 Å². The van der Waals surface area contributed by atoms with E-state index in [1.165, 1.54) is 0 Å². The van der Waals surface area contributed by atoms with Gasteiger partial charge in [0.2, 0.25) is 0 Å². The molecule has 6 nitrogen and oxygen atoms in total. The maximum atomic E-state index is 11.6. The summed E-state index contributed by atoms with van der Waals surface area (Å²) in [4.78, 5) is 19.9. The van der Waals surface area contributed by atoms with Gasteiger partial charge < -0.3 is 10.1 Å². The molecule has 3 aromatic rings. The molecular weight excluding hydrogens is 340 g/mol. The summed E-state index contributed by atoms with van der Waals surface area (Å²) in [6.45, 7) is 2.87. The van der Waals surface area contributed by atoms with Crippen LogP contribution in [0.25, 0.3) is 10.8 Å². The first-order valence-electron chi connectivity index (χ1n) is 7.71. The summed E-state index contributed by atoms with van der Waals surface area (Å²) in [5, 5.41) is 7.38. The average molecular weight is 359 g/mol. The Morgan fingerprint density at radius 3 is 2.76 bits per heavy atom. The molecule has 3 rings (SSSR count). The standard InChI is InChI=1S/C18H18N4O2.ClH/c1-2-20-18(23)22-17-10-13-4-3-5-14(16(13)11-21-17)12-24-15-6-8-19-9-7-15;/h3-11H,2,12H2,1H3,(H2,20,21,22,23);1H. The van der Waals surface area contributed by atoms with E-state index in [1.54, 1.807) is 18.6 Å². The van der Waals surface area contributed by atoms with Crippen LogP contribution in [-0.2, 0) is 6.61 Å². The van der Waals surface area contributed by atoms with E-state index in [9.17, 15) is 4.79 Å². The van der Waals surface area contributed by atoms with Crippen molar-refractivity contribution in [3.63, 3.8) is 0 Å². The number of urea groups is 1. The highest BCUT2D eigenvalue weighted by atomic mass is 35.5. The summed E-state index contributed by atoms with van der Waals surface area (Å²) in [6, 6.07) is 11.2. The molecule has 0 fully saturated rings. The van der Waals surface area contributed by atoms with E-state index in [4.69, 9.17) is 4.74 Å². The van der Waals surface area contributed by atoms with Crippen molar-refractivity contribution in [1.29, 1.82) is 0 Å². The van der Waals surface area contributed by atoms with E-state index in [0.717, 1.165) is 22.1 Å².